The van der Waals surface area contributed by atoms with Crippen LogP contribution in [0.1, 0.15) is 0 Å². The third-order valence-electron chi connectivity index (χ3n) is 12.6. The predicted octanol–water partition coefficient (Wildman–Crippen LogP) is 13.7. The largest absolute Gasteiger partial charge is 0.305 e. The van der Waals surface area contributed by atoms with Crippen molar-refractivity contribution in [1.82, 2.24) is 8.74 Å². The Morgan fingerprint density at radius 2 is 0.828 bits per heavy atom. The molecule has 1 atom stereocenters. The van der Waals surface area contributed by atoms with Crippen LogP contribution >= 0.6 is 7.29 Å². The summed E-state index contributed by atoms with van der Waals surface area (Å²) < 4.78 is 22.1. The highest BCUT2D eigenvalue weighted by molar-refractivity contribution is 7.78. The first kappa shape index (κ1) is 32.0. The van der Waals surface area contributed by atoms with Gasteiger partial charge in [-0.1, -0.05) is 146 Å². The lowest BCUT2D eigenvalue weighted by Gasteiger charge is -2.24. The molecular weight excluding hydrogens is 724 g/mol. The highest BCUT2D eigenvalue weighted by atomic mass is 31.2. The van der Waals surface area contributed by atoms with Crippen LogP contribution in [0.3, 0.4) is 0 Å². The van der Waals surface area contributed by atoms with Gasteiger partial charge in [0.05, 0.1) is 32.9 Å². The monoisotopic (exact) mass is 756 g/mol. The molecule has 0 bridgehead atoms. The smallest absolute Gasteiger partial charge is 0.236 e. The van der Waals surface area contributed by atoms with Gasteiger partial charge in [-0.25, -0.2) is 0 Å². The van der Waals surface area contributed by atoms with E-state index < -0.39 is 7.29 Å². The molecule has 1 unspecified atom stereocenters. The van der Waals surface area contributed by atoms with Gasteiger partial charge in [0.1, 0.15) is 0 Å². The van der Waals surface area contributed by atoms with Gasteiger partial charge < -0.3 is 4.40 Å². The van der Waals surface area contributed by atoms with E-state index in [0.29, 0.717) is 0 Å². The Morgan fingerprint density at radius 3 is 1.45 bits per heavy atom. The Kier molecular flexibility index (Phi) is 6.43. The van der Waals surface area contributed by atoms with Gasteiger partial charge in [-0.05, 0) is 99.1 Å². The summed E-state index contributed by atoms with van der Waals surface area (Å²) in [7, 11) is -3.65. The summed E-state index contributed by atoms with van der Waals surface area (Å²) in [5.41, 5.74) is 14.4. The SMILES string of the molecule is O=P1(c2ccccc2)c2cc(-c3ccccc3)cc3c4cc(-c5ccccc5)cc5c6c(-c7ccccc7)cc7c8cc(-c9ccccc9)ccc8n1c7c6n(c23)c45. The van der Waals surface area contributed by atoms with E-state index in [0.717, 1.165) is 76.7 Å². The Labute approximate surface area is 334 Å². The summed E-state index contributed by atoms with van der Waals surface area (Å²) in [5.74, 6) is 0. The van der Waals surface area contributed by atoms with Crippen molar-refractivity contribution >= 4 is 77.8 Å². The van der Waals surface area contributed by atoms with E-state index in [1.165, 1.54) is 38.4 Å². The van der Waals surface area contributed by atoms with E-state index in [9.17, 15) is 0 Å². The molecule has 0 saturated heterocycles. The number of benzene rings is 9. The zero-order chi connectivity index (χ0) is 38.1. The molecule has 0 radical (unpaired) electrons. The quantitative estimate of drug-likeness (QED) is 0.161. The molecule has 3 nitrogen and oxygen atoms in total. The molecule has 0 spiro atoms. The fraction of sp³-hybridized carbons (Fsp3) is 0. The molecule has 270 valence electrons. The van der Waals surface area contributed by atoms with Crippen molar-refractivity contribution in [2.24, 2.45) is 0 Å². The van der Waals surface area contributed by atoms with Gasteiger partial charge in [0.25, 0.3) is 0 Å². The van der Waals surface area contributed by atoms with Crippen molar-refractivity contribution in [1.29, 1.82) is 0 Å². The fourth-order valence-electron chi connectivity index (χ4n) is 10.1. The average molecular weight is 757 g/mol. The Bertz CT molecular complexity index is 3670. The van der Waals surface area contributed by atoms with E-state index in [2.05, 4.69) is 191 Å². The highest BCUT2D eigenvalue weighted by Crippen LogP contribution is 2.59. The Balaban J connectivity index is 1.34. The van der Waals surface area contributed by atoms with Crippen LogP contribution in [-0.2, 0) is 4.57 Å². The van der Waals surface area contributed by atoms with Crippen LogP contribution in [-0.4, -0.2) is 8.74 Å². The topological polar surface area (TPSA) is 26.4 Å². The number of rotatable bonds is 5. The van der Waals surface area contributed by atoms with Gasteiger partial charge in [0, 0.05) is 37.6 Å². The lowest BCUT2D eigenvalue weighted by molar-refractivity contribution is 0.584. The molecule has 0 N–H and O–H groups in total. The second kappa shape index (κ2) is 11.7. The number of fused-ring (bicyclic) bond motifs is 5. The molecule has 12 aromatic rings. The van der Waals surface area contributed by atoms with Crippen LogP contribution in [0.4, 0.5) is 0 Å². The zero-order valence-corrected chi connectivity index (χ0v) is 32.2. The molecule has 0 amide bonds. The normalized spacial score (nSPS) is 15.0. The number of hydrogen-bond donors (Lipinski definition) is 0. The highest BCUT2D eigenvalue weighted by Gasteiger charge is 2.41. The maximum atomic E-state index is 17.4. The first-order valence-corrected chi connectivity index (χ1v) is 21.5. The molecule has 4 heteroatoms. The van der Waals surface area contributed by atoms with Gasteiger partial charge in [-0.2, -0.15) is 0 Å². The lowest BCUT2D eigenvalue weighted by Crippen LogP contribution is -2.22. The van der Waals surface area contributed by atoms with E-state index in [4.69, 9.17) is 0 Å². The van der Waals surface area contributed by atoms with E-state index in [1.54, 1.807) is 0 Å². The first-order chi connectivity index (χ1) is 28.7. The van der Waals surface area contributed by atoms with Crippen molar-refractivity contribution < 1.29 is 4.57 Å². The van der Waals surface area contributed by atoms with Gasteiger partial charge in [-0.15, -0.1) is 0 Å². The Hall–Kier alpha value is -7.19. The van der Waals surface area contributed by atoms with Crippen molar-refractivity contribution in [3.63, 3.8) is 0 Å². The molecular formula is C54H33N2OP. The summed E-state index contributed by atoms with van der Waals surface area (Å²) >= 11 is 0. The molecule has 4 heterocycles. The minimum absolute atomic E-state index is 0.816. The van der Waals surface area contributed by atoms with Crippen LogP contribution < -0.4 is 10.6 Å². The van der Waals surface area contributed by atoms with Gasteiger partial charge >= 0.3 is 0 Å². The third kappa shape index (κ3) is 4.16. The lowest BCUT2D eigenvalue weighted by atomic mass is 9.93. The maximum Gasteiger partial charge on any atom is 0.236 e. The van der Waals surface area contributed by atoms with Crippen LogP contribution in [0.5, 0.6) is 0 Å². The van der Waals surface area contributed by atoms with Crippen molar-refractivity contribution in [3.8, 4) is 44.5 Å². The summed E-state index contributed by atoms with van der Waals surface area (Å²) in [5, 5.41) is 8.54. The summed E-state index contributed by atoms with van der Waals surface area (Å²) in [4.78, 5) is 0. The van der Waals surface area contributed by atoms with Crippen LogP contribution in [0.2, 0.25) is 0 Å². The minimum atomic E-state index is -3.65. The molecule has 3 aromatic heterocycles. The van der Waals surface area contributed by atoms with Gasteiger partial charge in [0.15, 0.2) is 0 Å². The van der Waals surface area contributed by atoms with Crippen LogP contribution in [0, 0.1) is 0 Å². The molecule has 0 fully saturated rings. The molecule has 13 rings (SSSR count). The van der Waals surface area contributed by atoms with E-state index in [1.807, 2.05) is 18.2 Å². The average Bonchev–Trinajstić information content (AvgIpc) is 3.92. The molecule has 0 saturated carbocycles. The fourth-order valence-corrected chi connectivity index (χ4v) is 13.1. The third-order valence-corrected chi connectivity index (χ3v) is 15.5. The van der Waals surface area contributed by atoms with Crippen LogP contribution in [0.15, 0.2) is 200 Å². The van der Waals surface area contributed by atoms with Crippen molar-refractivity contribution in [2.75, 3.05) is 0 Å². The Morgan fingerprint density at radius 1 is 0.345 bits per heavy atom. The second-order valence-electron chi connectivity index (χ2n) is 15.6. The molecule has 9 aromatic carbocycles. The summed E-state index contributed by atoms with van der Waals surface area (Å²) in [6.07, 6.45) is 0. The number of aromatic nitrogens is 2. The maximum absolute atomic E-state index is 17.4. The molecule has 58 heavy (non-hydrogen) atoms. The predicted molar refractivity (Wildman–Crippen MR) is 245 cm³/mol. The summed E-state index contributed by atoms with van der Waals surface area (Å²) in [6, 6.07) is 71.4. The van der Waals surface area contributed by atoms with Crippen molar-refractivity contribution in [3.05, 3.63) is 200 Å². The van der Waals surface area contributed by atoms with Gasteiger partial charge in [-0.3, -0.25) is 8.90 Å². The first-order valence-electron chi connectivity index (χ1n) is 19.9. The number of hydrogen-bond acceptors (Lipinski definition) is 1. The van der Waals surface area contributed by atoms with E-state index >= 15 is 4.57 Å². The number of nitrogens with zero attached hydrogens (tertiary/aromatic N) is 2. The zero-order valence-electron chi connectivity index (χ0n) is 31.3. The molecule has 1 aliphatic rings. The minimum Gasteiger partial charge on any atom is -0.305 e. The standard InChI is InChI=1S/C54H33N2OP/c57-58(41-24-14-5-15-25-41)49-32-40(36-20-10-3-11-21-36)30-45-44-29-39(35-18-8-2-9-19-35)31-47-50-42(37-22-12-4-13-23-37)33-46-43-28-38(34-16-6-1-7-17-34)26-27-48(43)56(58)53(46)54(50)55(51(44)47)52(45)49/h1-33H. The summed E-state index contributed by atoms with van der Waals surface area (Å²) in [6.45, 7) is 0. The second-order valence-corrected chi connectivity index (χ2v) is 18.2. The van der Waals surface area contributed by atoms with Crippen molar-refractivity contribution in [2.45, 2.75) is 0 Å². The molecule has 0 aliphatic carbocycles. The van der Waals surface area contributed by atoms with E-state index in [-0.39, 0.29) is 0 Å². The van der Waals surface area contributed by atoms with Crippen LogP contribution in [0.25, 0.3) is 104 Å². The molecule has 1 aliphatic heterocycles. The van der Waals surface area contributed by atoms with Gasteiger partial charge in [0.2, 0.25) is 7.29 Å².